The van der Waals surface area contributed by atoms with E-state index in [2.05, 4.69) is 21.3 Å². The first-order valence-corrected chi connectivity index (χ1v) is 6.63. The van der Waals surface area contributed by atoms with Crippen LogP contribution in [0.5, 0.6) is 0 Å². The van der Waals surface area contributed by atoms with Crippen LogP contribution in [0.2, 0.25) is 0 Å². The van der Waals surface area contributed by atoms with Gasteiger partial charge >= 0.3 is 0 Å². The minimum atomic E-state index is 0.505. The minimum absolute atomic E-state index is 0.505. The summed E-state index contributed by atoms with van der Waals surface area (Å²) in [6.07, 6.45) is 4.87. The molecule has 1 aromatic heterocycles. The monoisotopic (exact) mass is 244 g/mol. The third-order valence-corrected chi connectivity index (χ3v) is 3.50. The van der Waals surface area contributed by atoms with E-state index in [0.717, 1.165) is 25.3 Å². The normalized spacial score (nSPS) is 19.6. The van der Waals surface area contributed by atoms with Crippen LogP contribution in [0.4, 0.5) is 5.82 Å². The zero-order valence-corrected chi connectivity index (χ0v) is 10.9. The maximum atomic E-state index is 8.93. The Morgan fingerprint density at radius 2 is 2.39 bits per heavy atom. The van der Waals surface area contributed by atoms with Crippen molar-refractivity contribution in [1.29, 1.82) is 5.26 Å². The summed E-state index contributed by atoms with van der Waals surface area (Å²) in [5, 5.41) is 12.1. The van der Waals surface area contributed by atoms with Crippen LogP contribution < -0.4 is 10.2 Å². The first-order valence-electron chi connectivity index (χ1n) is 6.63. The molecule has 2 rings (SSSR count). The average molecular weight is 244 g/mol. The number of hydrogen-bond acceptors (Lipinski definition) is 4. The van der Waals surface area contributed by atoms with Crippen LogP contribution in [-0.2, 0) is 0 Å². The van der Waals surface area contributed by atoms with Gasteiger partial charge in [-0.2, -0.15) is 5.26 Å². The second kappa shape index (κ2) is 6.36. The van der Waals surface area contributed by atoms with E-state index in [4.69, 9.17) is 5.26 Å². The molecule has 1 aromatic rings. The third-order valence-electron chi connectivity index (χ3n) is 3.50. The van der Waals surface area contributed by atoms with Gasteiger partial charge in [-0.25, -0.2) is 4.98 Å². The summed E-state index contributed by atoms with van der Waals surface area (Å²) in [5.41, 5.74) is 0.505. The van der Waals surface area contributed by atoms with E-state index in [1.165, 1.54) is 19.3 Å². The molecule has 0 radical (unpaired) electrons. The quantitative estimate of drug-likeness (QED) is 0.879. The lowest BCUT2D eigenvalue weighted by molar-refractivity contribution is 0.430. The maximum Gasteiger partial charge on any atom is 0.142 e. The Morgan fingerprint density at radius 3 is 3.17 bits per heavy atom. The molecule has 2 heterocycles. The van der Waals surface area contributed by atoms with Gasteiger partial charge in [-0.15, -0.1) is 0 Å². The van der Waals surface area contributed by atoms with Crippen LogP contribution >= 0.6 is 0 Å². The first-order chi connectivity index (χ1) is 8.85. The van der Waals surface area contributed by atoms with Crippen molar-refractivity contribution in [2.75, 3.05) is 25.0 Å². The molecule has 1 fully saturated rings. The number of piperidine rings is 1. The number of rotatable bonds is 4. The highest BCUT2D eigenvalue weighted by Crippen LogP contribution is 2.24. The van der Waals surface area contributed by atoms with Gasteiger partial charge in [0.1, 0.15) is 17.6 Å². The highest BCUT2D eigenvalue weighted by atomic mass is 15.2. The smallest absolute Gasteiger partial charge is 0.142 e. The van der Waals surface area contributed by atoms with Crippen LogP contribution in [0, 0.1) is 11.3 Å². The van der Waals surface area contributed by atoms with E-state index in [1.54, 1.807) is 6.07 Å². The lowest BCUT2D eigenvalue weighted by Crippen LogP contribution is -2.41. The summed E-state index contributed by atoms with van der Waals surface area (Å²) in [6.45, 7) is 2.08. The van der Waals surface area contributed by atoms with Gasteiger partial charge in [-0.1, -0.05) is 6.07 Å². The zero-order valence-electron chi connectivity index (χ0n) is 10.9. The van der Waals surface area contributed by atoms with Gasteiger partial charge in [0.2, 0.25) is 0 Å². The fourth-order valence-electron chi connectivity index (χ4n) is 2.56. The maximum absolute atomic E-state index is 8.93. The molecule has 0 amide bonds. The molecule has 0 saturated carbocycles. The first kappa shape index (κ1) is 12.8. The van der Waals surface area contributed by atoms with E-state index < -0.39 is 0 Å². The number of nitrogens with one attached hydrogen (secondary N) is 1. The summed E-state index contributed by atoms with van der Waals surface area (Å²) >= 11 is 0. The molecule has 0 bridgehead atoms. The van der Waals surface area contributed by atoms with Gasteiger partial charge in [0, 0.05) is 12.6 Å². The molecule has 18 heavy (non-hydrogen) atoms. The van der Waals surface area contributed by atoms with Crippen molar-refractivity contribution in [3.8, 4) is 6.07 Å². The average Bonchev–Trinajstić information content (AvgIpc) is 2.45. The second-order valence-electron chi connectivity index (χ2n) is 4.73. The van der Waals surface area contributed by atoms with Crippen LogP contribution in [0.3, 0.4) is 0 Å². The number of aromatic nitrogens is 1. The third kappa shape index (κ3) is 2.99. The van der Waals surface area contributed by atoms with Crippen LogP contribution in [0.15, 0.2) is 18.2 Å². The molecule has 4 nitrogen and oxygen atoms in total. The predicted molar refractivity (Wildman–Crippen MR) is 72.5 cm³/mol. The fraction of sp³-hybridized carbons (Fsp3) is 0.571. The molecule has 1 aliphatic rings. The molecule has 0 aliphatic carbocycles. The standard InChI is InChI=1S/C14H20N4/c1-16-9-8-13-6-2-3-10-18(13)14-7-4-5-12(11-15)17-14/h4-5,7,13,16H,2-3,6,8-10H2,1H3. The van der Waals surface area contributed by atoms with Crippen molar-refractivity contribution in [2.45, 2.75) is 31.7 Å². The van der Waals surface area contributed by atoms with Crippen LogP contribution in [-0.4, -0.2) is 31.2 Å². The molecular weight excluding hydrogens is 224 g/mol. The fourth-order valence-corrected chi connectivity index (χ4v) is 2.56. The molecule has 0 aromatic carbocycles. The molecule has 1 aliphatic heterocycles. The number of nitrogens with zero attached hydrogens (tertiary/aromatic N) is 3. The van der Waals surface area contributed by atoms with Gasteiger partial charge < -0.3 is 10.2 Å². The topological polar surface area (TPSA) is 52.0 Å². The molecule has 1 atom stereocenters. The Morgan fingerprint density at radius 1 is 1.50 bits per heavy atom. The largest absolute Gasteiger partial charge is 0.354 e. The summed E-state index contributed by atoms with van der Waals surface area (Å²) in [6, 6.07) is 8.36. The summed E-state index contributed by atoms with van der Waals surface area (Å²) < 4.78 is 0. The molecule has 1 N–H and O–H groups in total. The Hall–Kier alpha value is -1.60. The number of pyridine rings is 1. The number of hydrogen-bond donors (Lipinski definition) is 1. The van der Waals surface area contributed by atoms with Gasteiger partial charge in [0.15, 0.2) is 0 Å². The SMILES string of the molecule is CNCCC1CCCCN1c1cccc(C#N)n1. The molecule has 1 saturated heterocycles. The summed E-state index contributed by atoms with van der Waals surface area (Å²) in [5.74, 6) is 0.954. The van der Waals surface area contributed by atoms with Crippen molar-refractivity contribution >= 4 is 5.82 Å². The summed E-state index contributed by atoms with van der Waals surface area (Å²) in [4.78, 5) is 6.78. The van der Waals surface area contributed by atoms with Crippen molar-refractivity contribution in [3.05, 3.63) is 23.9 Å². The van der Waals surface area contributed by atoms with Crippen molar-refractivity contribution in [2.24, 2.45) is 0 Å². The van der Waals surface area contributed by atoms with E-state index in [-0.39, 0.29) is 0 Å². The second-order valence-corrected chi connectivity index (χ2v) is 4.73. The Bertz CT molecular complexity index is 424. The highest BCUT2D eigenvalue weighted by molar-refractivity contribution is 5.43. The van der Waals surface area contributed by atoms with E-state index in [9.17, 15) is 0 Å². The molecule has 4 heteroatoms. The lowest BCUT2D eigenvalue weighted by Gasteiger charge is -2.36. The van der Waals surface area contributed by atoms with Gasteiger partial charge in [0.05, 0.1) is 0 Å². The highest BCUT2D eigenvalue weighted by Gasteiger charge is 2.23. The molecule has 96 valence electrons. The van der Waals surface area contributed by atoms with Crippen molar-refractivity contribution in [3.63, 3.8) is 0 Å². The minimum Gasteiger partial charge on any atom is -0.354 e. The molecular formula is C14H20N4. The number of nitriles is 1. The van der Waals surface area contributed by atoms with Gasteiger partial charge in [-0.05, 0) is 51.4 Å². The van der Waals surface area contributed by atoms with Crippen LogP contribution in [0.1, 0.15) is 31.4 Å². The van der Waals surface area contributed by atoms with Gasteiger partial charge in [-0.3, -0.25) is 0 Å². The Kier molecular flexibility index (Phi) is 4.54. The molecule has 0 spiro atoms. The Balaban J connectivity index is 2.14. The van der Waals surface area contributed by atoms with Crippen molar-refractivity contribution < 1.29 is 0 Å². The Labute approximate surface area is 109 Å². The zero-order chi connectivity index (χ0) is 12.8. The lowest BCUT2D eigenvalue weighted by atomic mass is 9.99. The van der Waals surface area contributed by atoms with Gasteiger partial charge in [0.25, 0.3) is 0 Å². The van der Waals surface area contributed by atoms with Crippen molar-refractivity contribution in [1.82, 2.24) is 10.3 Å². The number of anilines is 1. The van der Waals surface area contributed by atoms with E-state index in [1.807, 2.05) is 19.2 Å². The van der Waals surface area contributed by atoms with E-state index in [0.29, 0.717) is 11.7 Å². The summed E-state index contributed by atoms with van der Waals surface area (Å²) in [7, 11) is 1.99. The van der Waals surface area contributed by atoms with Crippen LogP contribution in [0.25, 0.3) is 0 Å². The molecule has 1 unspecified atom stereocenters. The predicted octanol–water partition coefficient (Wildman–Crippen LogP) is 1.92. The van der Waals surface area contributed by atoms with E-state index >= 15 is 0 Å².